The fourth-order valence-corrected chi connectivity index (χ4v) is 4.30. The molecule has 1 fully saturated rings. The number of alkyl halides is 4. The Kier molecular flexibility index (Phi) is 10.5. The van der Waals surface area contributed by atoms with Crippen molar-refractivity contribution in [1.82, 2.24) is 4.90 Å². The topological polar surface area (TPSA) is 82.1 Å². The number of thiol groups is 1. The Morgan fingerprint density at radius 1 is 1.43 bits per heavy atom. The van der Waals surface area contributed by atoms with Gasteiger partial charge in [-0.05, 0) is 6.92 Å². The van der Waals surface area contributed by atoms with Gasteiger partial charge in [0.05, 0.1) is 0 Å². The van der Waals surface area contributed by atoms with Gasteiger partial charge in [-0.3, -0.25) is 4.79 Å². The second-order valence-electron chi connectivity index (χ2n) is 5.28. The summed E-state index contributed by atoms with van der Waals surface area (Å²) in [5.74, 6) is -2.23. The first kappa shape index (κ1) is 25.9. The van der Waals surface area contributed by atoms with Crippen LogP contribution in [0.1, 0.15) is 6.92 Å². The zero-order valence-corrected chi connectivity index (χ0v) is 19.7. The van der Waals surface area contributed by atoms with E-state index in [0.29, 0.717) is 0 Å². The first-order valence-electron chi connectivity index (χ1n) is 7.42. The van der Waals surface area contributed by atoms with Crippen molar-refractivity contribution in [2.24, 2.45) is 5.92 Å². The third-order valence-electron chi connectivity index (χ3n) is 3.27. The summed E-state index contributed by atoms with van der Waals surface area (Å²) in [6.45, 7) is 4.28. The number of nitrogens with zero attached hydrogens (tertiary/aromatic N) is 1. The highest BCUT2D eigenvalue weighted by molar-refractivity contribution is 8.41. The standard InChI is InChI=1S/C14H15Cl4NO6S3/c1-3-4-23-11(21)8(15)19-9(20)7(10(19)28-13(26)27)6(2)25-12(22)24-5-14(16,17)18/h3,6-8,10H,1,4-5H2,2H3,(H,26,27). The van der Waals surface area contributed by atoms with Crippen LogP contribution in [-0.2, 0) is 23.8 Å². The van der Waals surface area contributed by atoms with Crippen molar-refractivity contribution in [3.63, 3.8) is 0 Å². The van der Waals surface area contributed by atoms with Crippen molar-refractivity contribution in [3.05, 3.63) is 12.7 Å². The number of hydrogen-bond donors (Lipinski definition) is 1. The third kappa shape index (κ3) is 7.62. The molecule has 0 aromatic rings. The fraction of sp³-hybridized carbons (Fsp3) is 0.571. The van der Waals surface area contributed by atoms with Gasteiger partial charge in [-0.2, -0.15) is 0 Å². The lowest BCUT2D eigenvalue weighted by atomic mass is 9.92. The van der Waals surface area contributed by atoms with E-state index >= 15 is 0 Å². The smallest absolute Gasteiger partial charge is 0.459 e. The van der Waals surface area contributed by atoms with E-state index in [-0.39, 0.29) is 10.1 Å². The molecule has 0 aromatic heterocycles. The Hall–Kier alpha value is -0.1000. The van der Waals surface area contributed by atoms with Gasteiger partial charge >= 0.3 is 12.1 Å². The number of carbonyl (C=O) groups excluding carboxylic acids is 3. The molecule has 4 atom stereocenters. The second kappa shape index (κ2) is 11.3. The molecular weight excluding hydrogens is 516 g/mol. The molecule has 1 saturated heterocycles. The van der Waals surface area contributed by atoms with Crippen molar-refractivity contribution in [3.8, 4) is 0 Å². The fourth-order valence-electron chi connectivity index (χ4n) is 2.14. The first-order chi connectivity index (χ1) is 12.9. The normalized spacial score (nSPS) is 21.2. The van der Waals surface area contributed by atoms with Crippen molar-refractivity contribution in [1.29, 1.82) is 0 Å². The van der Waals surface area contributed by atoms with Crippen LogP contribution in [0.2, 0.25) is 0 Å². The number of hydrogen-bond acceptors (Lipinski definition) is 8. The van der Waals surface area contributed by atoms with Gasteiger partial charge in [-0.1, -0.05) is 83.0 Å². The number of thiocarbonyl (C=S) groups is 1. The van der Waals surface area contributed by atoms with Crippen LogP contribution in [0.4, 0.5) is 4.79 Å². The van der Waals surface area contributed by atoms with Crippen LogP contribution in [-0.4, -0.2) is 60.4 Å². The second-order valence-corrected chi connectivity index (χ2v) is 11.1. The molecule has 158 valence electrons. The molecule has 1 rings (SSSR count). The average molecular weight is 531 g/mol. The zero-order valence-electron chi connectivity index (χ0n) is 14.2. The molecule has 0 aromatic carbocycles. The van der Waals surface area contributed by atoms with E-state index in [1.165, 1.54) is 13.0 Å². The maximum atomic E-state index is 12.5. The summed E-state index contributed by atoms with van der Waals surface area (Å²) >= 11 is 32.5. The predicted octanol–water partition coefficient (Wildman–Crippen LogP) is 3.92. The molecule has 0 aliphatic carbocycles. The summed E-state index contributed by atoms with van der Waals surface area (Å²) in [5.41, 5.74) is -1.40. The third-order valence-corrected chi connectivity index (χ3v) is 5.55. The minimum Gasteiger partial charge on any atom is -0.459 e. The molecule has 14 heteroatoms. The van der Waals surface area contributed by atoms with E-state index < -0.39 is 51.3 Å². The van der Waals surface area contributed by atoms with Crippen LogP contribution in [0.5, 0.6) is 0 Å². The summed E-state index contributed by atoms with van der Waals surface area (Å²) in [6, 6.07) is 0. The highest BCUT2D eigenvalue weighted by atomic mass is 35.6. The molecule has 1 aliphatic rings. The van der Waals surface area contributed by atoms with Crippen LogP contribution < -0.4 is 0 Å². The number of halogens is 4. The Bertz CT molecular complexity index is 647. The predicted molar refractivity (Wildman–Crippen MR) is 116 cm³/mol. The van der Waals surface area contributed by atoms with Crippen LogP contribution in [0.3, 0.4) is 0 Å². The van der Waals surface area contributed by atoms with Gasteiger partial charge < -0.3 is 19.1 Å². The van der Waals surface area contributed by atoms with E-state index in [4.69, 9.17) is 68.1 Å². The molecular formula is C14H15Cl4NO6S3. The molecule has 0 spiro atoms. The molecule has 0 radical (unpaired) electrons. The van der Waals surface area contributed by atoms with Crippen molar-refractivity contribution < 1.29 is 28.6 Å². The van der Waals surface area contributed by atoms with Gasteiger partial charge in [0, 0.05) is 0 Å². The van der Waals surface area contributed by atoms with E-state index in [9.17, 15) is 14.4 Å². The molecule has 7 nitrogen and oxygen atoms in total. The number of β-lactam (4-membered cyclic amide) rings is 1. The largest absolute Gasteiger partial charge is 0.508 e. The number of amides is 1. The van der Waals surface area contributed by atoms with E-state index in [2.05, 4.69) is 23.9 Å². The van der Waals surface area contributed by atoms with Crippen molar-refractivity contribution in [2.75, 3.05) is 13.2 Å². The summed E-state index contributed by atoms with van der Waals surface area (Å²) in [7, 11) is 0. The van der Waals surface area contributed by atoms with Crippen LogP contribution in [0.25, 0.3) is 0 Å². The monoisotopic (exact) mass is 529 g/mol. The molecule has 28 heavy (non-hydrogen) atoms. The average Bonchev–Trinajstić information content (AvgIpc) is 2.56. The number of carbonyl (C=O) groups is 3. The molecule has 4 unspecified atom stereocenters. The Balaban J connectivity index is 2.81. The summed E-state index contributed by atoms with van der Waals surface area (Å²) in [4.78, 5) is 37.3. The van der Waals surface area contributed by atoms with E-state index in [1.54, 1.807) is 0 Å². The highest BCUT2D eigenvalue weighted by Gasteiger charge is 2.56. The first-order valence-corrected chi connectivity index (χ1v) is 10.7. The Morgan fingerprint density at radius 2 is 2.04 bits per heavy atom. The summed E-state index contributed by atoms with van der Waals surface area (Å²) in [5, 5.41) is -0.716. The summed E-state index contributed by atoms with van der Waals surface area (Å²) in [6.07, 6.45) is -0.717. The summed E-state index contributed by atoms with van der Waals surface area (Å²) < 4.78 is 13.0. The maximum absolute atomic E-state index is 12.5. The lowest BCUT2D eigenvalue weighted by Crippen LogP contribution is -2.66. The van der Waals surface area contributed by atoms with Gasteiger partial charge in [-0.15, -0.1) is 12.6 Å². The maximum Gasteiger partial charge on any atom is 0.508 e. The van der Waals surface area contributed by atoms with Gasteiger partial charge in [-0.25, -0.2) is 9.59 Å². The van der Waals surface area contributed by atoms with E-state index in [0.717, 1.165) is 16.7 Å². The van der Waals surface area contributed by atoms with Gasteiger partial charge in [0.25, 0.3) is 0 Å². The van der Waals surface area contributed by atoms with Crippen LogP contribution in [0.15, 0.2) is 12.7 Å². The van der Waals surface area contributed by atoms with Gasteiger partial charge in [0.15, 0.2) is 0 Å². The lowest BCUT2D eigenvalue weighted by molar-refractivity contribution is -0.167. The van der Waals surface area contributed by atoms with Crippen LogP contribution in [0, 0.1) is 5.92 Å². The molecule has 1 amide bonds. The van der Waals surface area contributed by atoms with E-state index in [1.807, 2.05) is 0 Å². The number of ether oxygens (including phenoxy) is 3. The minimum absolute atomic E-state index is 0.0646. The highest BCUT2D eigenvalue weighted by Crippen LogP contribution is 2.42. The number of rotatable bonds is 8. The van der Waals surface area contributed by atoms with Crippen molar-refractivity contribution >= 4 is 105 Å². The molecule has 1 heterocycles. The molecule has 0 bridgehead atoms. The van der Waals surface area contributed by atoms with Crippen LogP contribution >= 0.6 is 83.0 Å². The van der Waals surface area contributed by atoms with Gasteiger partial charge in [0.1, 0.15) is 34.1 Å². The SMILES string of the molecule is C=CCOC(=O)C(Cl)N1C(=O)C(C(C)OC(=O)OCC(Cl)(Cl)Cl)C1SC(=S)S. The quantitative estimate of drug-likeness (QED) is 0.0961. The minimum atomic E-state index is -1.81. The zero-order chi connectivity index (χ0) is 21.6. The number of likely N-dealkylation sites (tertiary alicyclic amines) is 1. The Labute approximate surface area is 196 Å². The van der Waals surface area contributed by atoms with Gasteiger partial charge in [0.2, 0.25) is 15.2 Å². The van der Waals surface area contributed by atoms with Crippen molar-refractivity contribution in [2.45, 2.75) is 27.7 Å². The molecule has 0 saturated carbocycles. The molecule has 1 aliphatic heterocycles. The lowest BCUT2D eigenvalue weighted by Gasteiger charge is -2.49. The number of thioether (sulfide) groups is 1. The molecule has 0 N–H and O–H groups in total. The Morgan fingerprint density at radius 3 is 2.54 bits per heavy atom. The number of esters is 1.